The fourth-order valence-electron chi connectivity index (χ4n) is 2.27. The van der Waals surface area contributed by atoms with Gasteiger partial charge >= 0.3 is 0 Å². The molecule has 0 radical (unpaired) electrons. The van der Waals surface area contributed by atoms with Crippen LogP contribution in [0.5, 0.6) is 0 Å². The second-order valence-electron chi connectivity index (χ2n) is 5.68. The van der Waals surface area contributed by atoms with E-state index in [0.29, 0.717) is 0 Å². The van der Waals surface area contributed by atoms with Crippen molar-refractivity contribution in [2.24, 2.45) is 5.73 Å². The van der Waals surface area contributed by atoms with E-state index in [1.165, 1.54) is 0 Å². The van der Waals surface area contributed by atoms with E-state index in [-0.39, 0.29) is 12.0 Å². The molecule has 6 heteroatoms. The maximum absolute atomic E-state index is 13.2. The van der Waals surface area contributed by atoms with Crippen molar-refractivity contribution in [3.8, 4) is 0 Å². The van der Waals surface area contributed by atoms with E-state index in [9.17, 15) is 18.4 Å². The van der Waals surface area contributed by atoms with Gasteiger partial charge in [-0.25, -0.2) is 8.78 Å². The number of hydrogen-bond acceptors (Lipinski definition) is 2. The Morgan fingerprint density at radius 3 is 2.33 bits per heavy atom. The molecule has 0 unspecified atom stereocenters. The highest BCUT2D eigenvalue weighted by Crippen LogP contribution is 2.13. The third kappa shape index (κ3) is 4.16. The van der Waals surface area contributed by atoms with Gasteiger partial charge in [-0.3, -0.25) is 9.59 Å². The number of primary amides is 1. The van der Waals surface area contributed by atoms with E-state index < -0.39 is 29.5 Å². The number of benzene rings is 2. The van der Waals surface area contributed by atoms with Crippen LogP contribution in [0.25, 0.3) is 0 Å². The number of amides is 2. The van der Waals surface area contributed by atoms with Gasteiger partial charge in [-0.1, -0.05) is 18.2 Å². The van der Waals surface area contributed by atoms with Crippen molar-refractivity contribution in [3.05, 3.63) is 70.3 Å². The minimum Gasteiger partial charge on any atom is -0.368 e. The molecule has 0 aliphatic rings. The third-order valence-corrected chi connectivity index (χ3v) is 3.84. The average Bonchev–Trinajstić information content (AvgIpc) is 2.52. The lowest BCUT2D eigenvalue weighted by Crippen LogP contribution is -2.45. The Hall–Kier alpha value is -2.76. The number of halogens is 2. The molecular weight excluding hydrogens is 314 g/mol. The van der Waals surface area contributed by atoms with Crippen LogP contribution in [-0.4, -0.2) is 17.9 Å². The number of nitrogens with one attached hydrogen (secondary N) is 1. The van der Waals surface area contributed by atoms with Crippen LogP contribution in [-0.2, 0) is 11.2 Å². The molecule has 24 heavy (non-hydrogen) atoms. The van der Waals surface area contributed by atoms with Gasteiger partial charge in [0.05, 0.1) is 0 Å². The van der Waals surface area contributed by atoms with Crippen molar-refractivity contribution in [3.63, 3.8) is 0 Å². The Morgan fingerprint density at radius 2 is 1.75 bits per heavy atom. The lowest BCUT2D eigenvalue weighted by Gasteiger charge is -2.16. The zero-order valence-corrected chi connectivity index (χ0v) is 13.4. The first-order valence-electron chi connectivity index (χ1n) is 7.39. The zero-order chi connectivity index (χ0) is 17.9. The maximum atomic E-state index is 13.2. The van der Waals surface area contributed by atoms with Gasteiger partial charge in [0.1, 0.15) is 6.04 Å². The van der Waals surface area contributed by atoms with Gasteiger partial charge in [0.15, 0.2) is 11.6 Å². The van der Waals surface area contributed by atoms with Gasteiger partial charge in [-0.05, 0) is 48.7 Å². The summed E-state index contributed by atoms with van der Waals surface area (Å²) in [6, 6.07) is 7.50. The van der Waals surface area contributed by atoms with Gasteiger partial charge in [0, 0.05) is 12.0 Å². The topological polar surface area (TPSA) is 72.2 Å². The quantitative estimate of drug-likeness (QED) is 0.882. The van der Waals surface area contributed by atoms with Crippen LogP contribution >= 0.6 is 0 Å². The number of nitrogens with two attached hydrogens (primary N) is 1. The molecule has 0 fully saturated rings. The summed E-state index contributed by atoms with van der Waals surface area (Å²) in [7, 11) is 0. The molecule has 3 N–H and O–H groups in total. The highest BCUT2D eigenvalue weighted by atomic mass is 19.2. The highest BCUT2D eigenvalue weighted by Gasteiger charge is 2.20. The summed E-state index contributed by atoms with van der Waals surface area (Å²) in [5.74, 6) is -3.58. The monoisotopic (exact) mass is 332 g/mol. The molecule has 0 bridgehead atoms. The van der Waals surface area contributed by atoms with E-state index in [1.54, 1.807) is 0 Å². The van der Waals surface area contributed by atoms with Crippen LogP contribution in [0.2, 0.25) is 0 Å². The molecule has 0 aliphatic heterocycles. The fourth-order valence-corrected chi connectivity index (χ4v) is 2.27. The Kier molecular flexibility index (Phi) is 5.28. The van der Waals surface area contributed by atoms with Crippen LogP contribution in [0.15, 0.2) is 36.4 Å². The number of carbonyl (C=O) groups excluding carboxylic acids is 2. The minimum atomic E-state index is -1.13. The predicted molar refractivity (Wildman–Crippen MR) is 86.4 cm³/mol. The van der Waals surface area contributed by atoms with Gasteiger partial charge in [0.2, 0.25) is 5.91 Å². The number of aryl methyl sites for hydroxylation is 2. The summed E-state index contributed by atoms with van der Waals surface area (Å²) in [6.45, 7) is 3.91. The van der Waals surface area contributed by atoms with E-state index in [1.807, 2.05) is 32.0 Å². The van der Waals surface area contributed by atoms with Crippen LogP contribution in [0.3, 0.4) is 0 Å². The summed E-state index contributed by atoms with van der Waals surface area (Å²) >= 11 is 0. The SMILES string of the molecule is Cc1ccc(C[C@@H](NC(=O)c2ccc(F)c(F)c2)C(N)=O)cc1C. The minimum absolute atomic E-state index is 0.0831. The van der Waals surface area contributed by atoms with Gasteiger partial charge in [-0.2, -0.15) is 0 Å². The van der Waals surface area contributed by atoms with Gasteiger partial charge < -0.3 is 11.1 Å². The van der Waals surface area contributed by atoms with Crippen LogP contribution in [0.4, 0.5) is 8.78 Å². The molecule has 2 amide bonds. The zero-order valence-electron chi connectivity index (χ0n) is 13.4. The molecule has 4 nitrogen and oxygen atoms in total. The van der Waals surface area contributed by atoms with E-state index in [4.69, 9.17) is 5.73 Å². The third-order valence-electron chi connectivity index (χ3n) is 3.84. The number of carbonyl (C=O) groups is 2. The molecule has 1 atom stereocenters. The summed E-state index contributed by atoms with van der Waals surface area (Å²) in [5, 5.41) is 2.46. The van der Waals surface area contributed by atoms with E-state index in [0.717, 1.165) is 34.9 Å². The van der Waals surface area contributed by atoms with Crippen molar-refractivity contribution in [1.29, 1.82) is 0 Å². The lowest BCUT2D eigenvalue weighted by atomic mass is 10.0. The first kappa shape index (κ1) is 17.6. The molecular formula is C18H18F2N2O2. The van der Waals surface area contributed by atoms with Crippen molar-refractivity contribution in [2.45, 2.75) is 26.3 Å². The van der Waals surface area contributed by atoms with Crippen LogP contribution < -0.4 is 11.1 Å². The Morgan fingerprint density at radius 1 is 1.04 bits per heavy atom. The number of hydrogen-bond donors (Lipinski definition) is 2. The second kappa shape index (κ2) is 7.21. The highest BCUT2D eigenvalue weighted by molar-refractivity contribution is 5.97. The normalized spacial score (nSPS) is 11.8. The molecule has 0 saturated heterocycles. The van der Waals surface area contributed by atoms with Crippen molar-refractivity contribution in [2.75, 3.05) is 0 Å². The van der Waals surface area contributed by atoms with Gasteiger partial charge in [-0.15, -0.1) is 0 Å². The fraction of sp³-hybridized carbons (Fsp3) is 0.222. The molecule has 2 aromatic carbocycles. The molecule has 0 saturated carbocycles. The first-order valence-corrected chi connectivity index (χ1v) is 7.39. The smallest absolute Gasteiger partial charge is 0.252 e. The Labute approximate surface area is 138 Å². The van der Waals surface area contributed by atoms with Crippen molar-refractivity contribution in [1.82, 2.24) is 5.32 Å². The second-order valence-corrected chi connectivity index (χ2v) is 5.68. The lowest BCUT2D eigenvalue weighted by molar-refractivity contribution is -0.119. The molecule has 0 aliphatic carbocycles. The molecule has 0 heterocycles. The molecule has 2 aromatic rings. The van der Waals surface area contributed by atoms with Crippen molar-refractivity contribution < 1.29 is 18.4 Å². The Balaban J connectivity index is 2.15. The largest absolute Gasteiger partial charge is 0.368 e. The van der Waals surface area contributed by atoms with Gasteiger partial charge in [0.25, 0.3) is 5.91 Å². The van der Waals surface area contributed by atoms with Crippen LogP contribution in [0.1, 0.15) is 27.0 Å². The standard InChI is InChI=1S/C18H18F2N2O2/c1-10-3-4-12(7-11(10)2)8-16(17(21)23)22-18(24)13-5-6-14(19)15(20)9-13/h3-7,9,16H,8H2,1-2H3,(H2,21,23)(H,22,24)/t16-/m1/s1. The van der Waals surface area contributed by atoms with Crippen molar-refractivity contribution >= 4 is 11.8 Å². The summed E-state index contributed by atoms with van der Waals surface area (Å²) in [4.78, 5) is 23.7. The molecule has 2 rings (SSSR count). The Bertz CT molecular complexity index is 791. The first-order chi connectivity index (χ1) is 11.3. The number of rotatable bonds is 5. The van der Waals surface area contributed by atoms with Crippen LogP contribution in [0, 0.1) is 25.5 Å². The maximum Gasteiger partial charge on any atom is 0.252 e. The van der Waals surface area contributed by atoms with E-state index in [2.05, 4.69) is 5.32 Å². The predicted octanol–water partition coefficient (Wildman–Crippen LogP) is 2.41. The molecule has 0 aromatic heterocycles. The average molecular weight is 332 g/mol. The molecule has 126 valence electrons. The van der Waals surface area contributed by atoms with E-state index >= 15 is 0 Å². The summed E-state index contributed by atoms with van der Waals surface area (Å²) in [5.41, 5.74) is 8.27. The summed E-state index contributed by atoms with van der Waals surface area (Å²) in [6.07, 6.45) is 0.214. The molecule has 0 spiro atoms. The summed E-state index contributed by atoms with van der Waals surface area (Å²) < 4.78 is 26.1.